The molecular weight excluding hydrogens is 258 g/mol. The van der Waals surface area contributed by atoms with Crippen molar-refractivity contribution in [1.82, 2.24) is 14.8 Å². The summed E-state index contributed by atoms with van der Waals surface area (Å²) in [6.07, 6.45) is 4.63. The van der Waals surface area contributed by atoms with E-state index in [-0.39, 0.29) is 0 Å². The molecule has 2 saturated heterocycles. The zero-order chi connectivity index (χ0) is 14.2. The Morgan fingerprint density at radius 2 is 2.19 bits per heavy atom. The molecule has 1 aromatic heterocycles. The van der Waals surface area contributed by atoms with E-state index in [1.54, 1.807) is 0 Å². The smallest absolute Gasteiger partial charge is 0.0702 e. The van der Waals surface area contributed by atoms with Crippen LogP contribution in [0.15, 0.2) is 36.5 Å². The minimum Gasteiger partial charge on any atom is -0.298 e. The second-order valence-corrected chi connectivity index (χ2v) is 6.60. The number of nitrogens with zero attached hydrogens (tertiary/aromatic N) is 3. The maximum Gasteiger partial charge on any atom is 0.0702 e. The van der Waals surface area contributed by atoms with Crippen LogP contribution < -0.4 is 0 Å². The first-order valence-electron chi connectivity index (χ1n) is 8.11. The highest BCUT2D eigenvalue weighted by Crippen LogP contribution is 2.26. The summed E-state index contributed by atoms with van der Waals surface area (Å²) in [5.41, 5.74) is 2.50. The van der Waals surface area contributed by atoms with E-state index in [0.29, 0.717) is 6.04 Å². The van der Waals surface area contributed by atoms with Crippen molar-refractivity contribution >= 4 is 10.9 Å². The summed E-state index contributed by atoms with van der Waals surface area (Å²) in [5, 5.41) is 1.25. The quantitative estimate of drug-likeness (QED) is 0.844. The first-order valence-corrected chi connectivity index (χ1v) is 8.11. The van der Waals surface area contributed by atoms with E-state index in [2.05, 4.69) is 46.0 Å². The Morgan fingerprint density at radius 1 is 1.24 bits per heavy atom. The first-order chi connectivity index (χ1) is 10.3. The van der Waals surface area contributed by atoms with Crippen molar-refractivity contribution in [2.45, 2.75) is 38.4 Å². The van der Waals surface area contributed by atoms with Crippen molar-refractivity contribution in [2.75, 3.05) is 19.6 Å². The van der Waals surface area contributed by atoms with Crippen molar-refractivity contribution in [2.24, 2.45) is 0 Å². The van der Waals surface area contributed by atoms with E-state index < -0.39 is 0 Å². The molecule has 21 heavy (non-hydrogen) atoms. The molecule has 3 heteroatoms. The van der Waals surface area contributed by atoms with Gasteiger partial charge in [-0.2, -0.15) is 0 Å². The molecule has 0 amide bonds. The van der Waals surface area contributed by atoms with Gasteiger partial charge in [-0.1, -0.05) is 12.1 Å². The van der Waals surface area contributed by atoms with Gasteiger partial charge in [0.15, 0.2) is 0 Å². The molecule has 3 nitrogen and oxygen atoms in total. The fourth-order valence-corrected chi connectivity index (χ4v) is 3.93. The molecule has 1 aromatic carbocycles. The van der Waals surface area contributed by atoms with Gasteiger partial charge in [-0.05, 0) is 50.1 Å². The largest absolute Gasteiger partial charge is 0.298 e. The maximum absolute atomic E-state index is 4.41. The van der Waals surface area contributed by atoms with Gasteiger partial charge in [0.2, 0.25) is 0 Å². The zero-order valence-corrected chi connectivity index (χ0v) is 12.7. The van der Waals surface area contributed by atoms with Crippen LogP contribution in [0.3, 0.4) is 0 Å². The molecule has 0 bridgehead atoms. The highest BCUT2D eigenvalue weighted by molar-refractivity contribution is 5.78. The van der Waals surface area contributed by atoms with Crippen LogP contribution in [0.25, 0.3) is 10.9 Å². The molecule has 0 saturated carbocycles. The van der Waals surface area contributed by atoms with Gasteiger partial charge in [0.25, 0.3) is 0 Å². The first kappa shape index (κ1) is 13.2. The summed E-state index contributed by atoms with van der Waals surface area (Å²) < 4.78 is 0. The van der Waals surface area contributed by atoms with Crippen LogP contribution in [0.5, 0.6) is 0 Å². The summed E-state index contributed by atoms with van der Waals surface area (Å²) in [6.45, 7) is 7.21. The number of hydrogen-bond donors (Lipinski definition) is 0. The lowest BCUT2D eigenvalue weighted by molar-refractivity contribution is 0.0540. The van der Waals surface area contributed by atoms with E-state index in [1.807, 2.05) is 12.3 Å². The third-order valence-corrected chi connectivity index (χ3v) is 5.12. The molecule has 2 aliphatic heterocycles. The molecular formula is C18H23N3. The number of pyridine rings is 1. The van der Waals surface area contributed by atoms with Crippen molar-refractivity contribution in [3.63, 3.8) is 0 Å². The predicted molar refractivity (Wildman–Crippen MR) is 86.2 cm³/mol. The Morgan fingerprint density at radius 3 is 3.14 bits per heavy atom. The van der Waals surface area contributed by atoms with Crippen LogP contribution in [0.4, 0.5) is 0 Å². The Balaban J connectivity index is 1.53. The summed E-state index contributed by atoms with van der Waals surface area (Å²) in [6, 6.07) is 12.3. The molecule has 2 aliphatic rings. The monoisotopic (exact) mass is 281 g/mol. The second-order valence-electron chi connectivity index (χ2n) is 6.60. The number of rotatable bonds is 2. The van der Waals surface area contributed by atoms with Gasteiger partial charge in [0.05, 0.1) is 5.52 Å². The third-order valence-electron chi connectivity index (χ3n) is 5.12. The van der Waals surface area contributed by atoms with E-state index in [4.69, 9.17) is 0 Å². The second kappa shape index (κ2) is 5.39. The molecule has 0 radical (unpaired) electrons. The SMILES string of the molecule is C[C@@H]1CN2CCCC2CN1Cc1ccc2ncccc2c1. The number of fused-ring (bicyclic) bond motifs is 2. The van der Waals surface area contributed by atoms with Crippen molar-refractivity contribution in [3.05, 3.63) is 42.1 Å². The standard InChI is InChI=1S/C18H23N3/c1-14-11-20-9-3-5-17(20)13-21(14)12-15-6-7-18-16(10-15)4-2-8-19-18/h2,4,6-8,10,14,17H,3,5,9,11-13H2,1H3/t14-,17?/m1/s1. The van der Waals surface area contributed by atoms with Gasteiger partial charge in [0, 0.05) is 43.3 Å². The van der Waals surface area contributed by atoms with Gasteiger partial charge in [-0.15, -0.1) is 0 Å². The Kier molecular flexibility index (Phi) is 3.40. The minimum atomic E-state index is 0.656. The Hall–Kier alpha value is -1.45. The molecule has 0 spiro atoms. The number of benzene rings is 1. The molecule has 2 aromatic rings. The number of hydrogen-bond acceptors (Lipinski definition) is 3. The average molecular weight is 281 g/mol. The minimum absolute atomic E-state index is 0.656. The molecule has 2 fully saturated rings. The van der Waals surface area contributed by atoms with Crippen molar-refractivity contribution in [3.8, 4) is 0 Å². The van der Waals surface area contributed by atoms with Gasteiger partial charge in [-0.3, -0.25) is 14.8 Å². The molecule has 0 N–H and O–H groups in total. The summed E-state index contributed by atoms with van der Waals surface area (Å²) >= 11 is 0. The Bertz CT molecular complexity index is 639. The molecule has 1 unspecified atom stereocenters. The molecule has 110 valence electrons. The van der Waals surface area contributed by atoms with Crippen LogP contribution in [0.1, 0.15) is 25.3 Å². The molecule has 3 heterocycles. The van der Waals surface area contributed by atoms with Crippen LogP contribution in [0, 0.1) is 0 Å². The van der Waals surface area contributed by atoms with Crippen molar-refractivity contribution in [1.29, 1.82) is 0 Å². The van der Waals surface area contributed by atoms with E-state index >= 15 is 0 Å². The maximum atomic E-state index is 4.41. The van der Waals surface area contributed by atoms with Gasteiger partial charge in [0.1, 0.15) is 0 Å². The van der Waals surface area contributed by atoms with Crippen LogP contribution in [-0.2, 0) is 6.54 Å². The predicted octanol–water partition coefficient (Wildman–Crippen LogP) is 2.90. The third kappa shape index (κ3) is 2.56. The van der Waals surface area contributed by atoms with Crippen molar-refractivity contribution < 1.29 is 0 Å². The highest BCUT2D eigenvalue weighted by Gasteiger charge is 2.34. The lowest BCUT2D eigenvalue weighted by Crippen LogP contribution is -2.54. The number of piperazine rings is 1. The van der Waals surface area contributed by atoms with E-state index in [1.165, 1.54) is 43.4 Å². The lowest BCUT2D eigenvalue weighted by Gasteiger charge is -2.42. The molecule has 2 atom stereocenters. The van der Waals surface area contributed by atoms with Gasteiger partial charge < -0.3 is 0 Å². The van der Waals surface area contributed by atoms with Crippen LogP contribution in [-0.4, -0.2) is 46.5 Å². The highest BCUT2D eigenvalue weighted by atomic mass is 15.3. The average Bonchev–Trinajstić information content (AvgIpc) is 2.94. The van der Waals surface area contributed by atoms with Crippen LogP contribution >= 0.6 is 0 Å². The lowest BCUT2D eigenvalue weighted by atomic mass is 10.1. The Labute approximate surface area is 126 Å². The fourth-order valence-electron chi connectivity index (χ4n) is 3.93. The van der Waals surface area contributed by atoms with Crippen LogP contribution in [0.2, 0.25) is 0 Å². The van der Waals surface area contributed by atoms with E-state index in [9.17, 15) is 0 Å². The summed E-state index contributed by atoms with van der Waals surface area (Å²) in [5.74, 6) is 0. The zero-order valence-electron chi connectivity index (χ0n) is 12.7. The normalized spacial score (nSPS) is 27.1. The van der Waals surface area contributed by atoms with Gasteiger partial charge >= 0.3 is 0 Å². The summed E-state index contributed by atoms with van der Waals surface area (Å²) in [7, 11) is 0. The number of aromatic nitrogens is 1. The summed E-state index contributed by atoms with van der Waals surface area (Å²) in [4.78, 5) is 9.75. The van der Waals surface area contributed by atoms with Gasteiger partial charge in [-0.25, -0.2) is 0 Å². The molecule has 0 aliphatic carbocycles. The topological polar surface area (TPSA) is 19.4 Å². The fraction of sp³-hybridized carbons (Fsp3) is 0.500. The molecule has 4 rings (SSSR count). The van der Waals surface area contributed by atoms with E-state index in [0.717, 1.165) is 18.1 Å².